The molecule has 0 atom stereocenters. The molecule has 1 aromatic carbocycles. The molecule has 0 saturated carbocycles. The van der Waals surface area contributed by atoms with Gasteiger partial charge >= 0.3 is 5.97 Å². The first-order valence-corrected chi connectivity index (χ1v) is 7.91. The highest BCUT2D eigenvalue weighted by Gasteiger charge is 2.09. The van der Waals surface area contributed by atoms with Gasteiger partial charge in [0, 0.05) is 34.4 Å². The van der Waals surface area contributed by atoms with Gasteiger partial charge in [-0.3, -0.25) is 9.59 Å². The standard InChI is InChI=1S/C14H15ClN2O3S/c15-10-1-2-12-11(6-10)9(7-17-12)5-13(18)16-3-4-21-8-14(19)20/h1-2,6-7,17H,3-5,8H2,(H,16,18)(H,19,20). The summed E-state index contributed by atoms with van der Waals surface area (Å²) in [5.41, 5.74) is 1.84. The van der Waals surface area contributed by atoms with Crippen LogP contribution in [-0.2, 0) is 16.0 Å². The summed E-state index contributed by atoms with van der Waals surface area (Å²) >= 11 is 7.24. The number of fused-ring (bicyclic) bond motifs is 1. The van der Waals surface area contributed by atoms with Crippen LogP contribution in [0.4, 0.5) is 0 Å². The minimum Gasteiger partial charge on any atom is -0.481 e. The fourth-order valence-corrected chi connectivity index (χ4v) is 2.69. The molecule has 0 unspecified atom stereocenters. The topological polar surface area (TPSA) is 82.2 Å². The van der Waals surface area contributed by atoms with E-state index in [1.165, 1.54) is 11.8 Å². The number of halogens is 1. The summed E-state index contributed by atoms with van der Waals surface area (Å²) in [6, 6.07) is 5.50. The van der Waals surface area contributed by atoms with Crippen molar-refractivity contribution >= 4 is 46.1 Å². The molecule has 5 nitrogen and oxygen atoms in total. The van der Waals surface area contributed by atoms with Gasteiger partial charge in [0.05, 0.1) is 12.2 Å². The third-order valence-corrected chi connectivity index (χ3v) is 4.05. The number of hydrogen-bond donors (Lipinski definition) is 3. The van der Waals surface area contributed by atoms with Crippen molar-refractivity contribution in [3.63, 3.8) is 0 Å². The Morgan fingerprint density at radius 1 is 1.38 bits per heavy atom. The predicted molar refractivity (Wildman–Crippen MR) is 85.0 cm³/mol. The number of aliphatic carboxylic acids is 1. The molecule has 21 heavy (non-hydrogen) atoms. The molecule has 112 valence electrons. The quantitative estimate of drug-likeness (QED) is 0.682. The summed E-state index contributed by atoms with van der Waals surface area (Å²) in [5, 5.41) is 12.8. The summed E-state index contributed by atoms with van der Waals surface area (Å²) in [5.74, 6) is -0.303. The van der Waals surface area contributed by atoms with Crippen molar-refractivity contribution in [3.8, 4) is 0 Å². The Balaban J connectivity index is 1.84. The molecule has 0 fully saturated rings. The van der Waals surface area contributed by atoms with Crippen LogP contribution >= 0.6 is 23.4 Å². The molecule has 2 aromatic rings. The molecule has 1 amide bonds. The van der Waals surface area contributed by atoms with Crippen LogP contribution in [-0.4, -0.2) is 40.0 Å². The molecule has 0 bridgehead atoms. The molecule has 0 spiro atoms. The van der Waals surface area contributed by atoms with Crippen molar-refractivity contribution in [1.82, 2.24) is 10.3 Å². The average Bonchev–Trinajstić information content (AvgIpc) is 2.80. The number of aromatic nitrogens is 1. The van der Waals surface area contributed by atoms with Gasteiger partial charge in [-0.1, -0.05) is 11.6 Å². The summed E-state index contributed by atoms with van der Waals surface area (Å²) < 4.78 is 0. The molecule has 0 aliphatic heterocycles. The summed E-state index contributed by atoms with van der Waals surface area (Å²) in [6.07, 6.45) is 2.07. The number of aromatic amines is 1. The molecular formula is C14H15ClN2O3S. The molecule has 2 rings (SSSR count). The maximum atomic E-state index is 11.9. The van der Waals surface area contributed by atoms with Gasteiger partial charge in [-0.05, 0) is 23.8 Å². The van der Waals surface area contributed by atoms with Crippen molar-refractivity contribution in [2.45, 2.75) is 6.42 Å². The molecule has 3 N–H and O–H groups in total. The number of hydrogen-bond acceptors (Lipinski definition) is 3. The van der Waals surface area contributed by atoms with Crippen molar-refractivity contribution in [2.24, 2.45) is 0 Å². The Morgan fingerprint density at radius 3 is 2.95 bits per heavy atom. The number of carboxylic acid groups (broad SMARTS) is 1. The minimum atomic E-state index is -0.845. The lowest BCUT2D eigenvalue weighted by molar-refractivity contribution is -0.133. The SMILES string of the molecule is O=C(O)CSCCNC(=O)Cc1c[nH]c2ccc(Cl)cc12. The first kappa shape index (κ1) is 15.7. The van der Waals surface area contributed by atoms with E-state index in [9.17, 15) is 9.59 Å². The van der Waals surface area contributed by atoms with Crippen molar-refractivity contribution in [2.75, 3.05) is 18.1 Å². The highest BCUT2D eigenvalue weighted by molar-refractivity contribution is 7.99. The van der Waals surface area contributed by atoms with E-state index >= 15 is 0 Å². The number of thioether (sulfide) groups is 1. The molecule has 7 heteroatoms. The second-order valence-corrected chi connectivity index (χ2v) is 6.02. The van der Waals surface area contributed by atoms with E-state index in [0.29, 0.717) is 17.3 Å². The highest BCUT2D eigenvalue weighted by atomic mass is 35.5. The molecule has 1 aromatic heterocycles. The second kappa shape index (κ2) is 7.38. The van der Waals surface area contributed by atoms with Crippen molar-refractivity contribution in [3.05, 3.63) is 35.0 Å². The number of carbonyl (C=O) groups excluding carboxylic acids is 1. The van der Waals surface area contributed by atoms with Gasteiger partial charge < -0.3 is 15.4 Å². The smallest absolute Gasteiger partial charge is 0.313 e. The second-order valence-electron chi connectivity index (χ2n) is 4.48. The van der Waals surface area contributed by atoms with Gasteiger partial charge in [0.25, 0.3) is 0 Å². The van der Waals surface area contributed by atoms with Crippen LogP contribution in [0.25, 0.3) is 10.9 Å². The molecular weight excluding hydrogens is 312 g/mol. The van der Waals surface area contributed by atoms with E-state index < -0.39 is 5.97 Å². The molecule has 0 aliphatic carbocycles. The number of nitrogens with one attached hydrogen (secondary N) is 2. The van der Waals surface area contributed by atoms with Crippen LogP contribution in [0, 0.1) is 0 Å². The third-order valence-electron chi connectivity index (χ3n) is 2.87. The van der Waals surface area contributed by atoms with Gasteiger partial charge in [-0.25, -0.2) is 0 Å². The van der Waals surface area contributed by atoms with Crippen LogP contribution in [0.5, 0.6) is 0 Å². The Hall–Kier alpha value is -1.66. The summed E-state index contributed by atoms with van der Waals surface area (Å²) in [7, 11) is 0. The number of H-pyrrole nitrogens is 1. The molecule has 1 heterocycles. The van der Waals surface area contributed by atoms with Gasteiger partial charge in [0.1, 0.15) is 0 Å². The lowest BCUT2D eigenvalue weighted by atomic mass is 10.1. The van der Waals surface area contributed by atoms with Crippen LogP contribution in [0.3, 0.4) is 0 Å². The van der Waals surface area contributed by atoms with E-state index in [-0.39, 0.29) is 18.1 Å². The maximum Gasteiger partial charge on any atom is 0.313 e. The van der Waals surface area contributed by atoms with E-state index in [1.807, 2.05) is 12.1 Å². The molecule has 0 aliphatic rings. The van der Waals surface area contributed by atoms with E-state index in [1.54, 1.807) is 12.3 Å². The summed E-state index contributed by atoms with van der Waals surface area (Å²) in [6.45, 7) is 0.458. The highest BCUT2D eigenvalue weighted by Crippen LogP contribution is 2.22. The lowest BCUT2D eigenvalue weighted by Crippen LogP contribution is -2.27. The van der Waals surface area contributed by atoms with Gasteiger partial charge in [-0.15, -0.1) is 11.8 Å². The first-order valence-electron chi connectivity index (χ1n) is 6.38. The van der Waals surface area contributed by atoms with Gasteiger partial charge in [-0.2, -0.15) is 0 Å². The number of benzene rings is 1. The number of carbonyl (C=O) groups is 2. The van der Waals surface area contributed by atoms with Gasteiger partial charge in [0.2, 0.25) is 5.91 Å². The van der Waals surface area contributed by atoms with E-state index in [0.717, 1.165) is 16.5 Å². The van der Waals surface area contributed by atoms with E-state index in [2.05, 4.69) is 10.3 Å². The van der Waals surface area contributed by atoms with Gasteiger partial charge in [0.15, 0.2) is 0 Å². The molecule has 0 saturated heterocycles. The first-order chi connectivity index (χ1) is 10.1. The predicted octanol–water partition coefficient (Wildman–Crippen LogP) is 2.30. The zero-order valence-electron chi connectivity index (χ0n) is 11.2. The average molecular weight is 327 g/mol. The van der Waals surface area contributed by atoms with Crippen LogP contribution in [0.1, 0.15) is 5.56 Å². The normalized spacial score (nSPS) is 10.7. The lowest BCUT2D eigenvalue weighted by Gasteiger charge is -2.04. The number of amides is 1. The fraction of sp³-hybridized carbons (Fsp3) is 0.286. The minimum absolute atomic E-state index is 0.0524. The Labute approximate surface area is 131 Å². The van der Waals surface area contributed by atoms with Crippen molar-refractivity contribution < 1.29 is 14.7 Å². The fourth-order valence-electron chi connectivity index (χ4n) is 1.95. The van der Waals surface area contributed by atoms with Crippen LogP contribution in [0.2, 0.25) is 5.02 Å². The van der Waals surface area contributed by atoms with E-state index in [4.69, 9.17) is 16.7 Å². The van der Waals surface area contributed by atoms with Crippen LogP contribution in [0.15, 0.2) is 24.4 Å². The number of rotatable bonds is 7. The number of carboxylic acids is 1. The Kier molecular flexibility index (Phi) is 5.52. The zero-order valence-corrected chi connectivity index (χ0v) is 12.8. The Bertz CT molecular complexity index is 657. The van der Waals surface area contributed by atoms with Crippen molar-refractivity contribution in [1.29, 1.82) is 0 Å². The summed E-state index contributed by atoms with van der Waals surface area (Å²) in [4.78, 5) is 25.3. The zero-order chi connectivity index (χ0) is 15.2. The maximum absolute atomic E-state index is 11.9. The third kappa shape index (κ3) is 4.68. The molecule has 0 radical (unpaired) electrons. The monoisotopic (exact) mass is 326 g/mol. The largest absolute Gasteiger partial charge is 0.481 e. The Morgan fingerprint density at radius 2 is 2.19 bits per heavy atom. The van der Waals surface area contributed by atoms with Crippen LogP contribution < -0.4 is 5.32 Å².